The van der Waals surface area contributed by atoms with E-state index in [-0.39, 0.29) is 12.0 Å². The van der Waals surface area contributed by atoms with E-state index in [2.05, 4.69) is 10.3 Å². The average molecular weight is 377 g/mol. The van der Waals surface area contributed by atoms with Gasteiger partial charge in [0, 0.05) is 17.9 Å². The van der Waals surface area contributed by atoms with Crippen molar-refractivity contribution in [2.45, 2.75) is 51.6 Å². The number of fused-ring (bicyclic) bond motifs is 2. The van der Waals surface area contributed by atoms with Crippen LogP contribution in [0.3, 0.4) is 0 Å². The third-order valence-corrected chi connectivity index (χ3v) is 5.55. The van der Waals surface area contributed by atoms with Crippen LogP contribution in [0.25, 0.3) is 17.0 Å². The second-order valence-corrected chi connectivity index (χ2v) is 7.60. The van der Waals surface area contributed by atoms with Crippen LogP contribution >= 0.6 is 0 Å². The SMILES string of the molecule is Cc1cc(-c2cn3nc4c(nc3n2)CCCC4)ccc1NC(=O)[C@H]1CCCO1. The molecule has 5 rings (SSSR count). The molecule has 1 aromatic carbocycles. The summed E-state index contributed by atoms with van der Waals surface area (Å²) in [6.07, 6.45) is 7.64. The van der Waals surface area contributed by atoms with Crippen LogP contribution in [0.15, 0.2) is 24.4 Å². The first kappa shape index (κ1) is 17.3. The summed E-state index contributed by atoms with van der Waals surface area (Å²) < 4.78 is 7.24. The Hall–Kier alpha value is -2.80. The summed E-state index contributed by atoms with van der Waals surface area (Å²) in [5, 5.41) is 7.69. The van der Waals surface area contributed by atoms with Gasteiger partial charge in [0.05, 0.1) is 23.3 Å². The molecule has 0 radical (unpaired) electrons. The van der Waals surface area contributed by atoms with Crippen LogP contribution in [0.4, 0.5) is 5.69 Å². The number of aromatic nitrogens is 4. The maximum Gasteiger partial charge on any atom is 0.253 e. The highest BCUT2D eigenvalue weighted by Gasteiger charge is 2.24. The fourth-order valence-electron chi connectivity index (χ4n) is 3.96. The first-order valence-electron chi connectivity index (χ1n) is 9.96. The molecule has 3 aromatic rings. The fourth-order valence-corrected chi connectivity index (χ4v) is 3.96. The molecule has 3 heterocycles. The molecular formula is C21H23N5O2. The van der Waals surface area contributed by atoms with Gasteiger partial charge >= 0.3 is 0 Å². The summed E-state index contributed by atoms with van der Waals surface area (Å²) in [5.41, 5.74) is 5.78. The lowest BCUT2D eigenvalue weighted by atomic mass is 10.0. The molecule has 0 saturated carbocycles. The molecule has 28 heavy (non-hydrogen) atoms. The van der Waals surface area contributed by atoms with Crippen molar-refractivity contribution < 1.29 is 9.53 Å². The van der Waals surface area contributed by atoms with Crippen molar-refractivity contribution in [3.05, 3.63) is 41.3 Å². The van der Waals surface area contributed by atoms with Gasteiger partial charge in [-0.3, -0.25) is 4.79 Å². The predicted molar refractivity (Wildman–Crippen MR) is 105 cm³/mol. The number of carbonyl (C=O) groups is 1. The van der Waals surface area contributed by atoms with Crippen molar-refractivity contribution in [1.82, 2.24) is 19.6 Å². The number of benzene rings is 1. The van der Waals surface area contributed by atoms with Crippen molar-refractivity contribution in [2.75, 3.05) is 11.9 Å². The molecule has 1 saturated heterocycles. The van der Waals surface area contributed by atoms with Gasteiger partial charge in [-0.25, -0.2) is 14.5 Å². The molecule has 1 N–H and O–H groups in total. The molecule has 1 fully saturated rings. The Morgan fingerprint density at radius 2 is 2.04 bits per heavy atom. The number of imidazole rings is 1. The second-order valence-electron chi connectivity index (χ2n) is 7.60. The zero-order chi connectivity index (χ0) is 19.1. The molecule has 7 nitrogen and oxygen atoms in total. The van der Waals surface area contributed by atoms with E-state index in [1.807, 2.05) is 31.3 Å². The first-order chi connectivity index (χ1) is 13.7. The normalized spacial score (nSPS) is 19.0. The van der Waals surface area contributed by atoms with Crippen LogP contribution in [0, 0.1) is 6.92 Å². The van der Waals surface area contributed by atoms with E-state index in [1.54, 1.807) is 4.52 Å². The van der Waals surface area contributed by atoms with Crippen LogP contribution < -0.4 is 5.32 Å². The zero-order valence-electron chi connectivity index (χ0n) is 15.9. The van der Waals surface area contributed by atoms with Crippen molar-refractivity contribution in [1.29, 1.82) is 0 Å². The molecule has 1 atom stereocenters. The lowest BCUT2D eigenvalue weighted by molar-refractivity contribution is -0.124. The summed E-state index contributed by atoms with van der Waals surface area (Å²) in [5.74, 6) is 0.573. The predicted octanol–water partition coefficient (Wildman–Crippen LogP) is 3.10. The minimum absolute atomic E-state index is 0.0694. The number of nitrogens with zero attached hydrogens (tertiary/aromatic N) is 4. The smallest absolute Gasteiger partial charge is 0.253 e. The molecule has 1 aliphatic carbocycles. The van der Waals surface area contributed by atoms with Gasteiger partial charge in [-0.2, -0.15) is 5.10 Å². The topological polar surface area (TPSA) is 81.4 Å². The lowest BCUT2D eigenvalue weighted by Gasteiger charge is -2.13. The molecule has 2 aromatic heterocycles. The number of carbonyl (C=O) groups excluding carboxylic acids is 1. The number of anilines is 1. The quantitative estimate of drug-likeness (QED) is 0.758. The molecule has 0 spiro atoms. The van der Waals surface area contributed by atoms with Crippen LogP contribution in [0.1, 0.15) is 42.6 Å². The Bertz CT molecular complexity index is 1010. The van der Waals surface area contributed by atoms with Crippen molar-refractivity contribution in [2.24, 2.45) is 0 Å². The summed E-state index contributed by atoms with van der Waals surface area (Å²) in [7, 11) is 0. The molecule has 7 heteroatoms. The van der Waals surface area contributed by atoms with E-state index < -0.39 is 0 Å². The second kappa shape index (κ2) is 6.98. The highest BCUT2D eigenvalue weighted by Crippen LogP contribution is 2.26. The molecule has 144 valence electrons. The summed E-state index contributed by atoms with van der Waals surface area (Å²) in [4.78, 5) is 21.7. The van der Waals surface area contributed by atoms with E-state index >= 15 is 0 Å². The van der Waals surface area contributed by atoms with Gasteiger partial charge < -0.3 is 10.1 Å². The number of hydrogen-bond acceptors (Lipinski definition) is 5. The van der Waals surface area contributed by atoms with Gasteiger partial charge in [0.2, 0.25) is 0 Å². The molecule has 2 aliphatic rings. The molecule has 1 amide bonds. The Morgan fingerprint density at radius 3 is 2.82 bits per heavy atom. The number of amides is 1. The molecule has 1 aliphatic heterocycles. The van der Waals surface area contributed by atoms with Gasteiger partial charge in [0.25, 0.3) is 11.7 Å². The third kappa shape index (κ3) is 3.16. The van der Waals surface area contributed by atoms with Crippen molar-refractivity contribution in [3.8, 4) is 11.3 Å². The van der Waals surface area contributed by atoms with Crippen LogP contribution in [0.2, 0.25) is 0 Å². The third-order valence-electron chi connectivity index (χ3n) is 5.55. The number of hydrogen-bond donors (Lipinski definition) is 1. The van der Waals surface area contributed by atoms with Gasteiger partial charge in [-0.1, -0.05) is 6.07 Å². The van der Waals surface area contributed by atoms with E-state index in [9.17, 15) is 4.79 Å². The number of aryl methyl sites for hydroxylation is 3. The average Bonchev–Trinajstić information content (AvgIpc) is 3.37. The number of rotatable bonds is 3. The summed E-state index contributed by atoms with van der Waals surface area (Å²) in [6.45, 7) is 2.65. The van der Waals surface area contributed by atoms with Gasteiger partial charge in [0.15, 0.2) is 0 Å². The zero-order valence-corrected chi connectivity index (χ0v) is 15.9. The summed E-state index contributed by atoms with van der Waals surface area (Å²) >= 11 is 0. The number of ether oxygens (including phenoxy) is 1. The molecule has 0 unspecified atom stereocenters. The van der Waals surface area contributed by atoms with Crippen LogP contribution in [0.5, 0.6) is 0 Å². The first-order valence-corrected chi connectivity index (χ1v) is 9.96. The highest BCUT2D eigenvalue weighted by molar-refractivity contribution is 5.95. The lowest BCUT2D eigenvalue weighted by Crippen LogP contribution is -2.27. The van der Waals surface area contributed by atoms with E-state index in [4.69, 9.17) is 14.8 Å². The Balaban J connectivity index is 1.41. The van der Waals surface area contributed by atoms with E-state index in [0.717, 1.165) is 59.6 Å². The molecular weight excluding hydrogens is 354 g/mol. The number of nitrogens with one attached hydrogen (secondary N) is 1. The minimum atomic E-state index is -0.333. The van der Waals surface area contributed by atoms with Crippen LogP contribution in [-0.2, 0) is 22.4 Å². The largest absolute Gasteiger partial charge is 0.368 e. The maximum absolute atomic E-state index is 12.3. The van der Waals surface area contributed by atoms with Crippen molar-refractivity contribution >= 4 is 17.4 Å². The van der Waals surface area contributed by atoms with Gasteiger partial charge in [0.1, 0.15) is 6.10 Å². The highest BCUT2D eigenvalue weighted by atomic mass is 16.5. The van der Waals surface area contributed by atoms with E-state index in [1.165, 1.54) is 12.8 Å². The van der Waals surface area contributed by atoms with Crippen molar-refractivity contribution in [3.63, 3.8) is 0 Å². The molecule has 0 bridgehead atoms. The van der Waals surface area contributed by atoms with Crippen LogP contribution in [-0.4, -0.2) is 38.2 Å². The fraction of sp³-hybridized carbons (Fsp3) is 0.429. The van der Waals surface area contributed by atoms with Gasteiger partial charge in [-0.15, -0.1) is 0 Å². The monoisotopic (exact) mass is 377 g/mol. The van der Waals surface area contributed by atoms with Gasteiger partial charge in [-0.05, 0) is 63.1 Å². The Kier molecular flexibility index (Phi) is 4.31. The Labute approximate surface area is 163 Å². The standard InChI is InChI=1S/C21H23N5O2/c1-13-11-14(8-9-15(13)22-20(27)19-7-4-10-28-19)18-12-26-21(24-18)23-16-5-2-3-6-17(16)25-26/h8-9,11-12,19H,2-7,10H2,1H3,(H,22,27)/t19-/m1/s1. The minimum Gasteiger partial charge on any atom is -0.368 e. The van der Waals surface area contributed by atoms with E-state index in [0.29, 0.717) is 12.4 Å². The maximum atomic E-state index is 12.3. The summed E-state index contributed by atoms with van der Waals surface area (Å²) in [6, 6.07) is 5.93. The Morgan fingerprint density at radius 1 is 1.18 bits per heavy atom.